The van der Waals surface area contributed by atoms with E-state index < -0.39 is 0 Å². The average molecular weight is 155 g/mol. The number of fused-ring (bicyclic) bond motifs is 1. The number of rotatable bonds is 0. The van der Waals surface area contributed by atoms with Gasteiger partial charge >= 0.3 is 0 Å². The molecular weight excluding hydrogens is 150 g/mol. The predicted molar refractivity (Wildman–Crippen MR) is 42.2 cm³/mol. The van der Waals surface area contributed by atoms with Gasteiger partial charge in [0.15, 0.2) is 0 Å². The lowest BCUT2D eigenvalue weighted by Crippen LogP contribution is -1.49. The lowest BCUT2D eigenvalue weighted by Gasteiger charge is -1.69. The third-order valence-electron chi connectivity index (χ3n) is 1.18. The van der Waals surface area contributed by atoms with Gasteiger partial charge in [-0.1, -0.05) is 0 Å². The molecule has 0 saturated heterocycles. The summed E-state index contributed by atoms with van der Waals surface area (Å²) in [5, 5.41) is 1.29. The Balaban J connectivity index is 2.92. The van der Waals surface area contributed by atoms with Crippen LogP contribution in [0.25, 0.3) is 9.40 Å². The molecule has 0 saturated carbocycles. The van der Waals surface area contributed by atoms with Crippen molar-refractivity contribution in [3.05, 3.63) is 17.1 Å². The van der Waals surface area contributed by atoms with Crippen molar-refractivity contribution in [1.82, 2.24) is 4.37 Å². The van der Waals surface area contributed by atoms with E-state index >= 15 is 0 Å². The predicted octanol–water partition coefficient (Wildman–Crippen LogP) is 2.67. The maximum atomic E-state index is 4.05. The first-order valence-electron chi connectivity index (χ1n) is 2.67. The van der Waals surface area contributed by atoms with Gasteiger partial charge < -0.3 is 0 Å². The molecule has 2 aromatic rings. The van der Waals surface area contributed by atoms with Crippen LogP contribution in [0.4, 0.5) is 0 Å². The van der Waals surface area contributed by atoms with E-state index in [0.717, 1.165) is 0 Å². The van der Waals surface area contributed by atoms with Crippen LogP contribution in [0.1, 0.15) is 4.88 Å². The highest BCUT2D eigenvalue weighted by molar-refractivity contribution is 7.35. The van der Waals surface area contributed by atoms with Crippen molar-refractivity contribution in [2.75, 3.05) is 0 Å². The Morgan fingerprint density at radius 1 is 1.56 bits per heavy atom. The van der Waals surface area contributed by atoms with Crippen molar-refractivity contribution in [2.24, 2.45) is 0 Å². The van der Waals surface area contributed by atoms with E-state index in [1.807, 2.05) is 17.5 Å². The van der Waals surface area contributed by atoms with Crippen molar-refractivity contribution in [3.63, 3.8) is 0 Å². The van der Waals surface area contributed by atoms with Gasteiger partial charge in [-0.3, -0.25) is 0 Å². The molecule has 2 rings (SSSR count). The van der Waals surface area contributed by atoms with E-state index in [-0.39, 0.29) is 0 Å². The van der Waals surface area contributed by atoms with Crippen LogP contribution in [-0.4, -0.2) is 4.37 Å². The highest BCUT2D eigenvalue weighted by Crippen LogP contribution is 2.27. The Morgan fingerprint density at radius 2 is 2.44 bits per heavy atom. The molecule has 46 valence electrons. The second-order valence-electron chi connectivity index (χ2n) is 1.93. The number of hydrogen-bond donors (Lipinski definition) is 0. The topological polar surface area (TPSA) is 12.9 Å². The molecule has 1 nitrogen and oxygen atoms in total. The zero-order valence-electron chi connectivity index (χ0n) is 4.92. The fourth-order valence-corrected chi connectivity index (χ4v) is 2.66. The second-order valence-corrected chi connectivity index (χ2v) is 4.24. The molecule has 0 N–H and O–H groups in total. The van der Waals surface area contributed by atoms with Crippen LogP contribution < -0.4 is 0 Å². The first-order chi connectivity index (χ1) is 4.36. The molecule has 0 unspecified atom stereocenters. The van der Waals surface area contributed by atoms with Crippen LogP contribution in [0.2, 0.25) is 0 Å². The summed E-state index contributed by atoms with van der Waals surface area (Å²) in [7, 11) is 0. The van der Waals surface area contributed by atoms with Crippen LogP contribution >= 0.6 is 22.9 Å². The maximum absolute atomic E-state index is 4.05. The molecule has 0 radical (unpaired) electrons. The van der Waals surface area contributed by atoms with Gasteiger partial charge in [-0.05, 0) is 24.5 Å². The first kappa shape index (κ1) is 5.38. The van der Waals surface area contributed by atoms with Gasteiger partial charge in [-0.2, -0.15) is 4.37 Å². The molecule has 2 heterocycles. The van der Waals surface area contributed by atoms with Crippen LogP contribution in [0.3, 0.4) is 0 Å². The smallest absolute Gasteiger partial charge is 0.107 e. The van der Waals surface area contributed by atoms with Crippen molar-refractivity contribution in [1.29, 1.82) is 0 Å². The zero-order valence-corrected chi connectivity index (χ0v) is 6.55. The molecular formula is C6H5NS2. The lowest BCUT2D eigenvalue weighted by atomic mass is 10.4. The van der Waals surface area contributed by atoms with Gasteiger partial charge in [0, 0.05) is 16.5 Å². The third kappa shape index (κ3) is 0.767. The van der Waals surface area contributed by atoms with E-state index in [1.165, 1.54) is 14.3 Å². The second kappa shape index (κ2) is 1.78. The first-order valence-corrected chi connectivity index (χ1v) is 4.26. The molecule has 0 aromatic carbocycles. The molecule has 0 spiro atoms. The van der Waals surface area contributed by atoms with Crippen molar-refractivity contribution in [3.8, 4) is 0 Å². The summed E-state index contributed by atoms with van der Waals surface area (Å²) in [6, 6.07) is 2.17. The normalized spacial score (nSPS) is 10.8. The van der Waals surface area contributed by atoms with E-state index in [4.69, 9.17) is 0 Å². The monoisotopic (exact) mass is 155 g/mol. The fraction of sp³-hybridized carbons (Fsp3) is 0.167. The fourth-order valence-electron chi connectivity index (χ4n) is 0.805. The number of nitrogens with zero attached hydrogens (tertiary/aromatic N) is 1. The van der Waals surface area contributed by atoms with Gasteiger partial charge in [-0.25, -0.2) is 0 Å². The summed E-state index contributed by atoms with van der Waals surface area (Å²) in [6.45, 7) is 2.12. The largest absolute Gasteiger partial charge is 0.199 e. The van der Waals surface area contributed by atoms with Gasteiger partial charge in [-0.15, -0.1) is 11.3 Å². The van der Waals surface area contributed by atoms with Gasteiger partial charge in [0.2, 0.25) is 0 Å². The van der Waals surface area contributed by atoms with Crippen LogP contribution in [0.5, 0.6) is 0 Å². The molecule has 0 atom stereocenters. The lowest BCUT2D eigenvalue weighted by molar-refractivity contribution is 1.59. The Labute approximate surface area is 61.1 Å². The van der Waals surface area contributed by atoms with E-state index in [9.17, 15) is 0 Å². The SMILES string of the molecule is Cc1cc2cnsc2s1. The van der Waals surface area contributed by atoms with Crippen LogP contribution in [0.15, 0.2) is 12.3 Å². The van der Waals surface area contributed by atoms with Gasteiger partial charge in [0.1, 0.15) is 4.01 Å². The summed E-state index contributed by atoms with van der Waals surface area (Å²) >= 11 is 3.39. The maximum Gasteiger partial charge on any atom is 0.107 e. The Bertz CT molecular complexity index is 292. The molecule has 0 fully saturated rings. The Hall–Kier alpha value is -0.410. The third-order valence-corrected chi connectivity index (χ3v) is 3.12. The highest BCUT2D eigenvalue weighted by atomic mass is 32.2. The average Bonchev–Trinajstić information content (AvgIpc) is 2.22. The number of thiophene rings is 1. The summed E-state index contributed by atoms with van der Waals surface area (Å²) < 4.78 is 5.39. The number of hydrogen-bond acceptors (Lipinski definition) is 3. The summed E-state index contributed by atoms with van der Waals surface area (Å²) in [4.78, 5) is 1.37. The molecule has 2 aromatic heterocycles. The van der Waals surface area contributed by atoms with Crippen molar-refractivity contribution < 1.29 is 0 Å². The minimum absolute atomic E-state index is 1.29. The molecule has 0 aliphatic carbocycles. The van der Waals surface area contributed by atoms with Gasteiger partial charge in [0.05, 0.1) is 0 Å². The van der Waals surface area contributed by atoms with E-state index in [1.54, 1.807) is 11.5 Å². The standard InChI is InChI=1S/C6H5NS2/c1-4-2-5-3-7-9-6(5)8-4/h2-3H,1H3. The quantitative estimate of drug-likeness (QED) is 0.570. The Morgan fingerprint density at radius 3 is 3.22 bits per heavy atom. The van der Waals surface area contributed by atoms with E-state index in [2.05, 4.69) is 17.4 Å². The van der Waals surface area contributed by atoms with Crippen LogP contribution in [-0.2, 0) is 0 Å². The molecule has 0 aliphatic rings. The summed E-state index contributed by atoms with van der Waals surface area (Å²) in [5.74, 6) is 0. The van der Waals surface area contributed by atoms with Crippen molar-refractivity contribution in [2.45, 2.75) is 6.92 Å². The van der Waals surface area contributed by atoms with Gasteiger partial charge in [0.25, 0.3) is 0 Å². The molecule has 0 amide bonds. The molecule has 9 heavy (non-hydrogen) atoms. The summed E-state index contributed by atoms with van der Waals surface area (Å²) in [5.41, 5.74) is 0. The zero-order chi connectivity index (χ0) is 6.27. The number of aromatic nitrogens is 1. The minimum atomic E-state index is 1.29. The number of aryl methyl sites for hydroxylation is 1. The highest BCUT2D eigenvalue weighted by Gasteiger charge is 1.97. The van der Waals surface area contributed by atoms with Crippen molar-refractivity contribution >= 4 is 32.3 Å². The molecule has 0 bridgehead atoms. The Kier molecular flexibility index (Phi) is 1.07. The minimum Gasteiger partial charge on any atom is -0.199 e. The summed E-state index contributed by atoms with van der Waals surface area (Å²) in [6.07, 6.45) is 1.92. The van der Waals surface area contributed by atoms with E-state index in [0.29, 0.717) is 0 Å². The molecule has 3 heteroatoms. The molecule has 0 aliphatic heterocycles. The van der Waals surface area contributed by atoms with Crippen LogP contribution in [0, 0.1) is 6.92 Å².